The molecule has 1 heterocycles. The van der Waals surface area contributed by atoms with Crippen molar-refractivity contribution in [3.8, 4) is 11.5 Å². The maximum atomic E-state index is 13.2. The van der Waals surface area contributed by atoms with Crippen LogP contribution in [-0.4, -0.2) is 47.0 Å². The summed E-state index contributed by atoms with van der Waals surface area (Å²) in [5.74, 6) is -1.49. The van der Waals surface area contributed by atoms with Gasteiger partial charge >= 0.3 is 12.0 Å². The van der Waals surface area contributed by atoms with Crippen LogP contribution in [0.4, 0.5) is 4.79 Å². The van der Waals surface area contributed by atoms with Crippen molar-refractivity contribution < 1.29 is 33.8 Å². The molecule has 4 rings (SSSR count). The number of benzene rings is 2. The second kappa shape index (κ2) is 11.1. The molecule has 9 nitrogen and oxygen atoms in total. The van der Waals surface area contributed by atoms with E-state index in [0.29, 0.717) is 23.5 Å². The lowest BCUT2D eigenvalue weighted by Gasteiger charge is -2.31. The number of hydrogen-bond donors (Lipinski definition) is 2. The van der Waals surface area contributed by atoms with Gasteiger partial charge in [-0.05, 0) is 60.7 Å². The summed E-state index contributed by atoms with van der Waals surface area (Å²) in [6, 6.07) is 8.89. The van der Waals surface area contributed by atoms with Gasteiger partial charge in [-0.15, -0.1) is 6.58 Å². The number of barbiturate groups is 1. The first-order valence-corrected chi connectivity index (χ1v) is 12.0. The molecule has 192 valence electrons. The van der Waals surface area contributed by atoms with Crippen LogP contribution >= 0.6 is 0 Å². The zero-order valence-electron chi connectivity index (χ0n) is 20.5. The number of urea groups is 1. The van der Waals surface area contributed by atoms with Crippen LogP contribution in [0, 0.1) is 0 Å². The van der Waals surface area contributed by atoms with Gasteiger partial charge in [-0.25, -0.2) is 9.59 Å². The van der Waals surface area contributed by atoms with Gasteiger partial charge in [0.1, 0.15) is 12.2 Å². The highest BCUT2D eigenvalue weighted by molar-refractivity contribution is 6.31. The quantitative estimate of drug-likeness (QED) is 0.299. The number of aromatic carboxylic acids is 1. The standard InChI is InChI=1S/C28H28N2O7/c1-3-6-20-13-18(14-22-25(31)29-28(35)30(26(22)32)21-7-4-5-8-21)15-23(36-2)24(20)37-16-17-9-11-19(12-10-17)27(33)34/h3,9-15,21H,1,4-8,16H2,2H3,(H,33,34)(H,29,31,35)/b22-14+. The monoisotopic (exact) mass is 504 g/mol. The molecule has 0 spiro atoms. The first-order valence-electron chi connectivity index (χ1n) is 12.0. The first kappa shape index (κ1) is 25.7. The maximum Gasteiger partial charge on any atom is 0.335 e. The molecular weight excluding hydrogens is 476 g/mol. The molecule has 1 aliphatic carbocycles. The average molecular weight is 505 g/mol. The molecule has 0 radical (unpaired) electrons. The van der Waals surface area contributed by atoms with Crippen molar-refractivity contribution >= 4 is 29.9 Å². The summed E-state index contributed by atoms with van der Waals surface area (Å²) in [7, 11) is 1.48. The van der Waals surface area contributed by atoms with Gasteiger partial charge < -0.3 is 14.6 Å². The van der Waals surface area contributed by atoms with Gasteiger partial charge in [-0.2, -0.15) is 0 Å². The number of amides is 4. The Morgan fingerprint density at radius 2 is 1.86 bits per heavy atom. The SMILES string of the molecule is C=CCc1cc(/C=C2\C(=O)NC(=O)N(C3CCCC3)C2=O)cc(OC)c1OCc1ccc(C(=O)O)cc1. The van der Waals surface area contributed by atoms with Gasteiger partial charge in [0.2, 0.25) is 0 Å². The number of nitrogens with one attached hydrogen (secondary N) is 1. The summed E-state index contributed by atoms with van der Waals surface area (Å²) in [6.07, 6.45) is 6.89. The molecule has 0 unspecified atom stereocenters. The van der Waals surface area contributed by atoms with Crippen LogP contribution in [0.2, 0.25) is 0 Å². The van der Waals surface area contributed by atoms with E-state index in [9.17, 15) is 19.2 Å². The van der Waals surface area contributed by atoms with E-state index in [0.717, 1.165) is 41.7 Å². The summed E-state index contributed by atoms with van der Waals surface area (Å²) < 4.78 is 11.6. The lowest BCUT2D eigenvalue weighted by molar-refractivity contribution is -0.131. The van der Waals surface area contributed by atoms with Crippen molar-refractivity contribution in [3.05, 3.63) is 76.9 Å². The number of nitrogens with zero attached hydrogens (tertiary/aromatic N) is 1. The van der Waals surface area contributed by atoms with Crippen LogP contribution in [0.25, 0.3) is 6.08 Å². The molecule has 2 fully saturated rings. The Hall–Kier alpha value is -4.40. The molecule has 1 saturated carbocycles. The zero-order valence-corrected chi connectivity index (χ0v) is 20.5. The van der Waals surface area contributed by atoms with Crippen LogP contribution in [0.1, 0.15) is 52.7 Å². The number of methoxy groups -OCH3 is 1. The molecule has 37 heavy (non-hydrogen) atoms. The largest absolute Gasteiger partial charge is 0.493 e. The molecular formula is C28H28N2O7. The second-order valence-corrected chi connectivity index (χ2v) is 8.93. The average Bonchev–Trinajstić information content (AvgIpc) is 3.40. The Morgan fingerprint density at radius 3 is 2.49 bits per heavy atom. The summed E-state index contributed by atoms with van der Waals surface area (Å²) in [4.78, 5) is 50.4. The van der Waals surface area contributed by atoms with Gasteiger partial charge in [0, 0.05) is 11.6 Å². The smallest absolute Gasteiger partial charge is 0.335 e. The number of hydrogen-bond acceptors (Lipinski definition) is 6. The highest BCUT2D eigenvalue weighted by Crippen LogP contribution is 2.35. The van der Waals surface area contributed by atoms with Gasteiger partial charge in [-0.1, -0.05) is 31.1 Å². The van der Waals surface area contributed by atoms with Gasteiger partial charge in [-0.3, -0.25) is 19.8 Å². The van der Waals surface area contributed by atoms with Crippen LogP contribution in [0.15, 0.2) is 54.6 Å². The fourth-order valence-electron chi connectivity index (χ4n) is 4.62. The molecule has 9 heteroatoms. The number of allylic oxidation sites excluding steroid dienone is 1. The molecule has 4 amide bonds. The van der Waals surface area contributed by atoms with E-state index in [-0.39, 0.29) is 23.8 Å². The third-order valence-electron chi connectivity index (χ3n) is 6.46. The summed E-state index contributed by atoms with van der Waals surface area (Å²) in [5.41, 5.74) is 2.08. The van der Waals surface area contributed by atoms with E-state index < -0.39 is 23.8 Å². The first-order chi connectivity index (χ1) is 17.8. The molecule has 0 aromatic heterocycles. The number of carbonyl (C=O) groups is 4. The fraction of sp³-hybridized carbons (Fsp3) is 0.286. The molecule has 2 aromatic rings. The van der Waals surface area contributed by atoms with Gasteiger partial charge in [0.25, 0.3) is 11.8 Å². The Morgan fingerprint density at radius 1 is 1.16 bits per heavy atom. The zero-order chi connectivity index (χ0) is 26.5. The molecule has 1 saturated heterocycles. The normalized spacial score (nSPS) is 17.2. The van der Waals surface area contributed by atoms with E-state index >= 15 is 0 Å². The van der Waals surface area contributed by atoms with Crippen LogP contribution < -0.4 is 14.8 Å². The Kier molecular flexibility index (Phi) is 7.71. The maximum absolute atomic E-state index is 13.2. The fourth-order valence-corrected chi connectivity index (χ4v) is 4.62. The molecule has 2 aromatic carbocycles. The third kappa shape index (κ3) is 5.55. The summed E-state index contributed by atoms with van der Waals surface area (Å²) >= 11 is 0. The number of carboxylic acid groups (broad SMARTS) is 1. The Labute approximate surface area is 214 Å². The minimum absolute atomic E-state index is 0.120. The number of carbonyl (C=O) groups excluding carboxylic acids is 3. The third-order valence-corrected chi connectivity index (χ3v) is 6.46. The van der Waals surface area contributed by atoms with Crippen molar-refractivity contribution in [2.45, 2.75) is 44.8 Å². The minimum Gasteiger partial charge on any atom is -0.493 e. The van der Waals surface area contributed by atoms with Crippen LogP contribution in [-0.2, 0) is 22.6 Å². The van der Waals surface area contributed by atoms with E-state index in [1.807, 2.05) is 0 Å². The minimum atomic E-state index is -1.01. The topological polar surface area (TPSA) is 122 Å². The van der Waals surface area contributed by atoms with Crippen molar-refractivity contribution in [1.29, 1.82) is 0 Å². The lowest BCUT2D eigenvalue weighted by Crippen LogP contribution is -2.57. The number of imide groups is 2. The number of carboxylic acids is 1. The Balaban J connectivity index is 1.63. The predicted octanol–water partition coefficient (Wildman–Crippen LogP) is 4.11. The van der Waals surface area contributed by atoms with E-state index in [2.05, 4.69) is 11.9 Å². The second-order valence-electron chi connectivity index (χ2n) is 8.93. The van der Waals surface area contributed by atoms with E-state index in [1.54, 1.807) is 30.3 Å². The van der Waals surface area contributed by atoms with Crippen molar-refractivity contribution in [2.75, 3.05) is 7.11 Å². The number of rotatable bonds is 9. The summed E-state index contributed by atoms with van der Waals surface area (Å²) in [5, 5.41) is 11.4. The molecule has 0 atom stereocenters. The Bertz CT molecular complexity index is 1270. The van der Waals surface area contributed by atoms with E-state index in [4.69, 9.17) is 14.6 Å². The highest BCUT2D eigenvalue weighted by atomic mass is 16.5. The molecule has 1 aliphatic heterocycles. The van der Waals surface area contributed by atoms with E-state index in [1.165, 1.54) is 25.3 Å². The molecule has 0 bridgehead atoms. The van der Waals surface area contributed by atoms with Gasteiger partial charge in [0.15, 0.2) is 11.5 Å². The van der Waals surface area contributed by atoms with Gasteiger partial charge in [0.05, 0.1) is 12.7 Å². The molecule has 2 N–H and O–H groups in total. The highest BCUT2D eigenvalue weighted by Gasteiger charge is 2.40. The lowest BCUT2D eigenvalue weighted by atomic mass is 10.0. The van der Waals surface area contributed by atoms with Crippen molar-refractivity contribution in [2.24, 2.45) is 0 Å². The summed E-state index contributed by atoms with van der Waals surface area (Å²) in [6.45, 7) is 3.97. The van der Waals surface area contributed by atoms with Crippen molar-refractivity contribution in [1.82, 2.24) is 10.2 Å². The predicted molar refractivity (Wildman–Crippen MR) is 135 cm³/mol. The van der Waals surface area contributed by atoms with Crippen molar-refractivity contribution in [3.63, 3.8) is 0 Å². The number of ether oxygens (including phenoxy) is 2. The molecule has 2 aliphatic rings. The van der Waals surface area contributed by atoms with Crippen LogP contribution in [0.3, 0.4) is 0 Å². The van der Waals surface area contributed by atoms with Crippen LogP contribution in [0.5, 0.6) is 11.5 Å².